The molecule has 0 amide bonds. The smallest absolute Gasteiger partial charge is 1.00 e. The molecule has 0 atom stereocenters. The van der Waals surface area contributed by atoms with E-state index < -0.39 is 0 Å². The van der Waals surface area contributed by atoms with Crippen LogP contribution in [0, 0.1) is 38.2 Å². The molecule has 0 radical (unpaired) electrons. The maximum atomic E-state index is 0. The van der Waals surface area contributed by atoms with Crippen LogP contribution in [0.25, 0.3) is 0 Å². The van der Waals surface area contributed by atoms with E-state index in [-0.39, 0.29) is 85.3 Å². The summed E-state index contributed by atoms with van der Waals surface area (Å²) in [5.41, 5.74) is 0. The third-order valence-electron chi connectivity index (χ3n) is 0. The van der Waals surface area contributed by atoms with Crippen molar-refractivity contribution in [2.45, 2.75) is 0 Å². The van der Waals surface area contributed by atoms with Crippen molar-refractivity contribution in [1.82, 2.24) is 0 Å². The van der Waals surface area contributed by atoms with Gasteiger partial charge in [0.15, 0.2) is 0 Å². The Bertz CT molecular complexity index is 6.00. The monoisotopic (exact) mass is 242 g/mol. The van der Waals surface area contributed by atoms with Crippen LogP contribution in [0.1, 0.15) is 0 Å². The summed E-state index contributed by atoms with van der Waals surface area (Å²) in [7, 11) is 0. The van der Waals surface area contributed by atoms with E-state index in [9.17, 15) is 0 Å². The molecular formula is CaDyF2. The Hall–Kier alpha value is 2.39. The molecule has 4 heavy (non-hydrogen) atoms. The molecule has 0 aliphatic carbocycles. The fourth-order valence-electron chi connectivity index (χ4n) is 0. The van der Waals surface area contributed by atoms with E-state index in [1.807, 2.05) is 0 Å². The van der Waals surface area contributed by atoms with Crippen LogP contribution >= 0.6 is 0 Å². The molecule has 0 aromatic rings. The molecule has 0 aromatic carbocycles. The average Bonchev–Trinajstić information content (AvgIpc) is 0. The minimum Gasteiger partial charge on any atom is -1.00 e. The molecule has 0 fully saturated rings. The third kappa shape index (κ3) is 8.83. The van der Waals surface area contributed by atoms with E-state index in [1.165, 1.54) is 0 Å². The fourth-order valence-corrected chi connectivity index (χ4v) is 0. The van der Waals surface area contributed by atoms with Gasteiger partial charge in [-0.1, -0.05) is 0 Å². The van der Waals surface area contributed by atoms with Crippen molar-refractivity contribution < 1.29 is 47.6 Å². The summed E-state index contributed by atoms with van der Waals surface area (Å²) in [6.45, 7) is 0. The van der Waals surface area contributed by atoms with E-state index in [2.05, 4.69) is 0 Å². The molecule has 0 aromatic heterocycles. The zero-order valence-corrected chi connectivity index (χ0v) is 6.02. The second-order valence-corrected chi connectivity index (χ2v) is 0. The fraction of sp³-hybridized carbons (Fsp3) is 0. The van der Waals surface area contributed by atoms with E-state index in [0.717, 1.165) is 0 Å². The van der Waals surface area contributed by atoms with Crippen LogP contribution in [0.5, 0.6) is 0 Å². The number of hydrogen-bond acceptors (Lipinski definition) is 0. The van der Waals surface area contributed by atoms with Gasteiger partial charge in [0.1, 0.15) is 0 Å². The van der Waals surface area contributed by atoms with Gasteiger partial charge in [0.25, 0.3) is 0 Å². The van der Waals surface area contributed by atoms with E-state index in [4.69, 9.17) is 0 Å². The molecule has 0 N–H and O–H groups in total. The van der Waals surface area contributed by atoms with Crippen LogP contribution in [0.15, 0.2) is 0 Å². The predicted molar refractivity (Wildman–Crippen MR) is 5.75 cm³/mol. The van der Waals surface area contributed by atoms with Gasteiger partial charge in [-0.05, 0) is 0 Å². The van der Waals surface area contributed by atoms with Crippen molar-refractivity contribution in [2.24, 2.45) is 0 Å². The van der Waals surface area contributed by atoms with Gasteiger partial charge in [0.05, 0.1) is 0 Å². The Kier molecular flexibility index (Phi) is 148. The molecule has 0 saturated heterocycles. The molecule has 0 spiro atoms. The molecular weight excluding hydrogens is 241 g/mol. The van der Waals surface area contributed by atoms with E-state index in [0.29, 0.717) is 0 Å². The normalized spacial score (nSPS) is 0. The first kappa shape index (κ1) is 32.5. The maximum absolute atomic E-state index is 0. The maximum Gasteiger partial charge on any atom is 2.00 e. The van der Waals surface area contributed by atoms with Crippen molar-refractivity contribution in [3.63, 3.8) is 0 Å². The van der Waals surface area contributed by atoms with Crippen LogP contribution in [-0.4, -0.2) is 37.7 Å². The summed E-state index contributed by atoms with van der Waals surface area (Å²) in [5, 5.41) is 0. The summed E-state index contributed by atoms with van der Waals surface area (Å²) in [6.07, 6.45) is 0. The standard InChI is InChI=1S/Ca.Dy.2FH/h;;2*1H/q+2;;;/p-2. The van der Waals surface area contributed by atoms with Gasteiger partial charge in [0.2, 0.25) is 0 Å². The quantitative estimate of drug-likeness (QED) is 0.370. The number of rotatable bonds is 0. The molecule has 4 heteroatoms. The molecule has 0 rings (SSSR count). The molecule has 0 heterocycles. The first-order valence-corrected chi connectivity index (χ1v) is 0. The third-order valence-corrected chi connectivity index (χ3v) is 0. The molecule has 0 aliphatic rings. The van der Waals surface area contributed by atoms with Crippen molar-refractivity contribution in [1.29, 1.82) is 0 Å². The summed E-state index contributed by atoms with van der Waals surface area (Å²) < 4.78 is 0. The Morgan fingerprint density at radius 3 is 0.750 bits per heavy atom. The minimum atomic E-state index is 0. The zero-order chi connectivity index (χ0) is 0. The Morgan fingerprint density at radius 1 is 0.750 bits per heavy atom. The van der Waals surface area contributed by atoms with Gasteiger partial charge in [-0.25, -0.2) is 0 Å². The van der Waals surface area contributed by atoms with Gasteiger partial charge >= 0.3 is 37.7 Å². The van der Waals surface area contributed by atoms with Crippen LogP contribution in [0.2, 0.25) is 0 Å². The summed E-state index contributed by atoms with van der Waals surface area (Å²) in [6, 6.07) is 0. The van der Waals surface area contributed by atoms with Crippen LogP contribution in [-0.2, 0) is 0 Å². The molecule has 0 bridgehead atoms. The van der Waals surface area contributed by atoms with Gasteiger partial charge in [-0.3, -0.25) is 0 Å². The largest absolute Gasteiger partial charge is 2.00 e. The van der Waals surface area contributed by atoms with E-state index >= 15 is 0 Å². The summed E-state index contributed by atoms with van der Waals surface area (Å²) >= 11 is 0. The molecule has 0 unspecified atom stereocenters. The first-order valence-electron chi connectivity index (χ1n) is 0. The first-order chi connectivity index (χ1) is 0. The minimum absolute atomic E-state index is 0. The Labute approximate surface area is 83.5 Å². The zero-order valence-electron chi connectivity index (χ0n) is 1.78. The number of halogens is 2. The topological polar surface area (TPSA) is 0 Å². The second kappa shape index (κ2) is 18.2. The van der Waals surface area contributed by atoms with Gasteiger partial charge in [-0.2, -0.15) is 0 Å². The average molecular weight is 241 g/mol. The molecule has 0 nitrogen and oxygen atoms in total. The van der Waals surface area contributed by atoms with Gasteiger partial charge in [-0.15, -0.1) is 0 Å². The number of hydrogen-bond donors (Lipinski definition) is 0. The summed E-state index contributed by atoms with van der Waals surface area (Å²) in [5.74, 6) is 0. The molecule has 0 saturated carbocycles. The van der Waals surface area contributed by atoms with E-state index in [1.54, 1.807) is 0 Å². The van der Waals surface area contributed by atoms with Crippen LogP contribution < -0.4 is 9.41 Å². The molecule has 26 valence electrons. The van der Waals surface area contributed by atoms with Crippen molar-refractivity contribution in [3.05, 3.63) is 0 Å². The summed E-state index contributed by atoms with van der Waals surface area (Å²) in [4.78, 5) is 0. The second-order valence-electron chi connectivity index (χ2n) is 0. The SMILES string of the molecule is [Ca+2].[Dy].[F-].[F-]. The van der Waals surface area contributed by atoms with Gasteiger partial charge < -0.3 is 9.41 Å². The van der Waals surface area contributed by atoms with Crippen molar-refractivity contribution in [2.75, 3.05) is 0 Å². The van der Waals surface area contributed by atoms with Crippen LogP contribution in [0.4, 0.5) is 0 Å². The van der Waals surface area contributed by atoms with Crippen molar-refractivity contribution in [3.8, 4) is 0 Å². The van der Waals surface area contributed by atoms with Crippen LogP contribution in [0.3, 0.4) is 0 Å². The molecule has 0 aliphatic heterocycles. The van der Waals surface area contributed by atoms with Gasteiger partial charge in [0, 0.05) is 38.2 Å². The Morgan fingerprint density at radius 2 is 0.750 bits per heavy atom. The predicted octanol–water partition coefficient (Wildman–Crippen LogP) is -6.37. The Balaban J connectivity index is 0. The van der Waals surface area contributed by atoms with Crippen molar-refractivity contribution >= 4 is 37.7 Å².